The highest BCUT2D eigenvalue weighted by Gasteiger charge is 2.11. The molecule has 0 aliphatic carbocycles. The largest absolute Gasteiger partial charge is 0.496 e. The lowest BCUT2D eigenvalue weighted by molar-refractivity contribution is 0.261. The zero-order chi connectivity index (χ0) is 13.7. The van der Waals surface area contributed by atoms with E-state index in [4.69, 9.17) is 4.74 Å². The summed E-state index contributed by atoms with van der Waals surface area (Å²) in [5.41, 5.74) is 3.63. The number of methoxy groups -OCH3 is 1. The van der Waals surface area contributed by atoms with Crippen LogP contribution in [0.4, 0.5) is 4.79 Å². The van der Waals surface area contributed by atoms with Gasteiger partial charge in [-0.25, -0.2) is 0 Å². The second-order valence-corrected chi connectivity index (χ2v) is 5.06. The van der Waals surface area contributed by atoms with Gasteiger partial charge in [0.05, 0.1) is 7.11 Å². The van der Waals surface area contributed by atoms with Gasteiger partial charge in [0.2, 0.25) is 0 Å². The maximum absolute atomic E-state index is 10.7. The van der Waals surface area contributed by atoms with Crippen LogP contribution in [0.2, 0.25) is 0 Å². The van der Waals surface area contributed by atoms with Crippen LogP contribution in [0.1, 0.15) is 36.5 Å². The van der Waals surface area contributed by atoms with Crippen molar-refractivity contribution in [3.05, 3.63) is 28.8 Å². The van der Waals surface area contributed by atoms with Crippen LogP contribution >= 0.6 is 12.6 Å². The van der Waals surface area contributed by atoms with Crippen LogP contribution in [0.5, 0.6) is 5.75 Å². The van der Waals surface area contributed by atoms with Crippen LogP contribution in [0.15, 0.2) is 12.1 Å². The van der Waals surface area contributed by atoms with Crippen LogP contribution in [0.25, 0.3) is 0 Å². The minimum Gasteiger partial charge on any atom is -0.496 e. The minimum atomic E-state index is -0.287. The molecule has 0 saturated carbocycles. The fraction of sp³-hybridized carbons (Fsp3) is 0.500. The molecule has 0 radical (unpaired) electrons. The van der Waals surface area contributed by atoms with Crippen LogP contribution < -0.4 is 10.1 Å². The molecular weight excluding hydrogens is 246 g/mol. The van der Waals surface area contributed by atoms with Crippen LogP contribution in [-0.4, -0.2) is 18.9 Å². The molecule has 1 N–H and O–H groups in total. The van der Waals surface area contributed by atoms with Gasteiger partial charge in [-0.15, -0.1) is 0 Å². The van der Waals surface area contributed by atoms with Gasteiger partial charge in [0.15, 0.2) is 0 Å². The Labute approximate surface area is 114 Å². The van der Waals surface area contributed by atoms with Crippen molar-refractivity contribution < 1.29 is 9.53 Å². The minimum absolute atomic E-state index is 0.287. The SMILES string of the molecule is COc1cc(C)c(CCNC(=O)S)cc1C(C)C. The van der Waals surface area contributed by atoms with Crippen molar-refractivity contribution in [2.45, 2.75) is 33.1 Å². The Kier molecular flexibility index (Phi) is 5.54. The summed E-state index contributed by atoms with van der Waals surface area (Å²) >= 11 is 3.68. The molecule has 100 valence electrons. The van der Waals surface area contributed by atoms with E-state index in [2.05, 4.69) is 50.8 Å². The molecule has 1 amide bonds. The van der Waals surface area contributed by atoms with Crippen LogP contribution in [-0.2, 0) is 6.42 Å². The number of aryl methyl sites for hydroxylation is 1. The molecule has 0 spiro atoms. The van der Waals surface area contributed by atoms with Crippen molar-refractivity contribution >= 4 is 17.9 Å². The number of rotatable bonds is 5. The molecule has 0 aromatic heterocycles. The molecule has 0 heterocycles. The van der Waals surface area contributed by atoms with Gasteiger partial charge in [-0.1, -0.05) is 32.5 Å². The molecule has 0 atom stereocenters. The number of ether oxygens (including phenoxy) is 1. The molecule has 0 bridgehead atoms. The van der Waals surface area contributed by atoms with Gasteiger partial charge in [0.1, 0.15) is 5.75 Å². The number of carbonyl (C=O) groups excluding carboxylic acids is 1. The summed E-state index contributed by atoms with van der Waals surface area (Å²) in [6.45, 7) is 6.95. The van der Waals surface area contributed by atoms with Gasteiger partial charge < -0.3 is 10.1 Å². The average Bonchev–Trinajstić information content (AvgIpc) is 2.29. The highest BCUT2D eigenvalue weighted by Crippen LogP contribution is 2.29. The zero-order valence-electron chi connectivity index (χ0n) is 11.4. The van der Waals surface area contributed by atoms with E-state index in [1.807, 2.05) is 0 Å². The average molecular weight is 267 g/mol. The Morgan fingerprint density at radius 3 is 2.61 bits per heavy atom. The third kappa shape index (κ3) is 3.95. The molecule has 0 unspecified atom stereocenters. The summed E-state index contributed by atoms with van der Waals surface area (Å²) in [4.78, 5) is 10.7. The number of nitrogens with one attached hydrogen (secondary N) is 1. The van der Waals surface area contributed by atoms with Crippen molar-refractivity contribution in [3.8, 4) is 5.75 Å². The molecule has 0 saturated heterocycles. The Balaban J connectivity index is 2.91. The first-order chi connectivity index (χ1) is 8.45. The summed E-state index contributed by atoms with van der Waals surface area (Å²) in [7, 11) is 1.70. The number of amides is 1. The van der Waals surface area contributed by atoms with E-state index in [-0.39, 0.29) is 5.24 Å². The second-order valence-electron chi connectivity index (χ2n) is 4.66. The van der Waals surface area contributed by atoms with E-state index in [1.54, 1.807) is 7.11 Å². The van der Waals surface area contributed by atoms with Crippen molar-refractivity contribution in [2.75, 3.05) is 13.7 Å². The molecule has 0 aliphatic heterocycles. The maximum atomic E-state index is 10.7. The van der Waals surface area contributed by atoms with E-state index >= 15 is 0 Å². The van der Waals surface area contributed by atoms with Crippen LogP contribution in [0.3, 0.4) is 0 Å². The third-order valence-electron chi connectivity index (χ3n) is 2.98. The van der Waals surface area contributed by atoms with E-state index in [0.717, 1.165) is 12.2 Å². The van der Waals surface area contributed by atoms with E-state index < -0.39 is 0 Å². The fourth-order valence-corrected chi connectivity index (χ4v) is 2.06. The van der Waals surface area contributed by atoms with E-state index in [9.17, 15) is 4.79 Å². The first-order valence-electron chi connectivity index (χ1n) is 6.10. The normalized spacial score (nSPS) is 10.6. The Bertz CT molecular complexity index is 430. The molecule has 4 heteroatoms. The molecule has 0 fully saturated rings. The highest BCUT2D eigenvalue weighted by molar-refractivity contribution is 7.96. The number of hydrogen-bond donors (Lipinski definition) is 2. The van der Waals surface area contributed by atoms with Gasteiger partial charge in [-0.05, 0) is 42.0 Å². The van der Waals surface area contributed by atoms with Crippen molar-refractivity contribution in [1.29, 1.82) is 0 Å². The molecule has 3 nitrogen and oxygen atoms in total. The summed E-state index contributed by atoms with van der Waals surface area (Å²) < 4.78 is 5.40. The number of hydrogen-bond acceptors (Lipinski definition) is 2. The molecule has 1 rings (SSSR count). The molecule has 18 heavy (non-hydrogen) atoms. The standard InChI is InChI=1S/C14H21NO2S/c1-9(2)12-8-11(5-6-15-14(16)18)10(3)7-13(12)17-4/h7-9H,5-6H2,1-4H3,(H2,15,16,18). The van der Waals surface area contributed by atoms with Gasteiger partial charge in [0, 0.05) is 6.54 Å². The van der Waals surface area contributed by atoms with E-state index in [0.29, 0.717) is 12.5 Å². The van der Waals surface area contributed by atoms with Gasteiger partial charge in [-0.2, -0.15) is 0 Å². The lowest BCUT2D eigenvalue weighted by atomic mass is 9.95. The third-order valence-corrected chi connectivity index (χ3v) is 3.14. The fourth-order valence-electron chi connectivity index (χ4n) is 1.95. The monoisotopic (exact) mass is 267 g/mol. The molecule has 0 aliphatic rings. The maximum Gasteiger partial charge on any atom is 0.275 e. The zero-order valence-corrected chi connectivity index (χ0v) is 12.3. The van der Waals surface area contributed by atoms with Crippen molar-refractivity contribution in [1.82, 2.24) is 5.32 Å². The number of benzene rings is 1. The van der Waals surface area contributed by atoms with Gasteiger partial charge in [0.25, 0.3) is 5.24 Å². The summed E-state index contributed by atoms with van der Waals surface area (Å²) in [6.07, 6.45) is 0.807. The number of carbonyl (C=O) groups is 1. The Morgan fingerprint density at radius 2 is 2.11 bits per heavy atom. The smallest absolute Gasteiger partial charge is 0.275 e. The topological polar surface area (TPSA) is 38.3 Å². The Morgan fingerprint density at radius 1 is 1.44 bits per heavy atom. The van der Waals surface area contributed by atoms with E-state index in [1.165, 1.54) is 16.7 Å². The first kappa shape index (κ1) is 14.9. The molecule has 1 aromatic rings. The van der Waals surface area contributed by atoms with Gasteiger partial charge in [-0.3, -0.25) is 4.79 Å². The lowest BCUT2D eigenvalue weighted by Gasteiger charge is -2.16. The highest BCUT2D eigenvalue weighted by atomic mass is 32.1. The Hall–Kier alpha value is -1.16. The summed E-state index contributed by atoms with van der Waals surface area (Å²) in [6, 6.07) is 4.23. The predicted molar refractivity (Wildman–Crippen MR) is 77.9 cm³/mol. The lowest BCUT2D eigenvalue weighted by Crippen LogP contribution is -2.19. The van der Waals surface area contributed by atoms with Crippen molar-refractivity contribution in [3.63, 3.8) is 0 Å². The quantitative estimate of drug-likeness (QED) is 0.803. The van der Waals surface area contributed by atoms with Crippen molar-refractivity contribution in [2.24, 2.45) is 0 Å². The summed E-state index contributed by atoms with van der Waals surface area (Å²) in [5, 5.41) is 2.41. The second kappa shape index (κ2) is 6.69. The summed E-state index contributed by atoms with van der Waals surface area (Å²) in [5.74, 6) is 1.35. The molecule has 1 aromatic carbocycles. The number of thiol groups is 1. The van der Waals surface area contributed by atoms with Gasteiger partial charge >= 0.3 is 0 Å². The predicted octanol–water partition coefficient (Wildman–Crippen LogP) is 3.31. The first-order valence-corrected chi connectivity index (χ1v) is 6.54. The van der Waals surface area contributed by atoms with Crippen LogP contribution in [0, 0.1) is 6.92 Å². The molecular formula is C14H21NO2S.